The molecule has 0 aromatic rings. The minimum Gasteiger partial charge on any atom is -0.480 e. The molecule has 0 atom stereocenters. The number of nitrogens with one attached hydrogen (secondary N) is 1. The van der Waals surface area contributed by atoms with E-state index < -0.39 is 16.2 Å². The molecule has 2 N–H and O–H groups in total. The molecule has 0 saturated carbocycles. The first-order valence-electron chi connectivity index (χ1n) is 5.64. The lowest BCUT2D eigenvalue weighted by Crippen LogP contribution is -2.52. The van der Waals surface area contributed by atoms with E-state index in [0.29, 0.717) is 32.7 Å². The van der Waals surface area contributed by atoms with Gasteiger partial charge < -0.3 is 5.11 Å². The Kier molecular flexibility index (Phi) is 5.31. The molecule has 1 aliphatic heterocycles. The van der Waals surface area contributed by atoms with Gasteiger partial charge in [0.2, 0.25) is 0 Å². The van der Waals surface area contributed by atoms with Crippen LogP contribution in [0.25, 0.3) is 0 Å². The molecule has 0 aliphatic carbocycles. The van der Waals surface area contributed by atoms with E-state index >= 15 is 0 Å². The topological polar surface area (TPSA) is 90.0 Å². The molecule has 17 heavy (non-hydrogen) atoms. The van der Waals surface area contributed by atoms with E-state index in [2.05, 4.69) is 4.72 Å². The summed E-state index contributed by atoms with van der Waals surface area (Å²) in [5.41, 5.74) is 0. The summed E-state index contributed by atoms with van der Waals surface area (Å²) >= 11 is 0. The summed E-state index contributed by atoms with van der Waals surface area (Å²) in [6.07, 6.45) is 0.748. The van der Waals surface area contributed by atoms with Crippen LogP contribution in [0.2, 0.25) is 0 Å². The number of carbonyl (C=O) groups is 1. The zero-order valence-electron chi connectivity index (χ0n) is 9.92. The Balaban J connectivity index is 2.43. The van der Waals surface area contributed by atoms with Crippen LogP contribution < -0.4 is 4.72 Å². The molecule has 7 nitrogen and oxygen atoms in total. The summed E-state index contributed by atoms with van der Waals surface area (Å²) < 4.78 is 27.4. The van der Waals surface area contributed by atoms with Gasteiger partial charge in [-0.3, -0.25) is 9.69 Å². The van der Waals surface area contributed by atoms with Crippen molar-refractivity contribution in [2.45, 2.75) is 13.3 Å². The van der Waals surface area contributed by atoms with Crippen molar-refractivity contribution in [2.75, 3.05) is 39.3 Å². The maximum absolute atomic E-state index is 11.8. The van der Waals surface area contributed by atoms with Crippen LogP contribution in [0.15, 0.2) is 0 Å². The minimum atomic E-state index is -3.39. The average Bonchev–Trinajstić information content (AvgIpc) is 2.26. The lowest BCUT2D eigenvalue weighted by Gasteiger charge is -2.32. The van der Waals surface area contributed by atoms with Crippen molar-refractivity contribution in [3.63, 3.8) is 0 Å². The molecule has 0 unspecified atom stereocenters. The SMILES string of the molecule is CCCNS(=O)(=O)N1CCN(CC(=O)O)CC1. The van der Waals surface area contributed by atoms with Crippen LogP contribution in [0.5, 0.6) is 0 Å². The van der Waals surface area contributed by atoms with E-state index in [4.69, 9.17) is 5.11 Å². The standard InChI is InChI=1S/C9H19N3O4S/c1-2-3-10-17(15,16)12-6-4-11(5-7-12)8-9(13)14/h10H,2-8H2,1H3,(H,13,14). The number of hydrogen-bond acceptors (Lipinski definition) is 4. The van der Waals surface area contributed by atoms with Crippen LogP contribution in [0.3, 0.4) is 0 Å². The largest absolute Gasteiger partial charge is 0.480 e. The first-order chi connectivity index (χ1) is 7.95. The smallest absolute Gasteiger partial charge is 0.317 e. The third kappa shape index (κ3) is 4.58. The maximum atomic E-state index is 11.8. The molecule has 0 amide bonds. The Morgan fingerprint density at radius 2 is 1.88 bits per heavy atom. The second-order valence-electron chi connectivity index (χ2n) is 3.97. The van der Waals surface area contributed by atoms with Crippen LogP contribution in [-0.2, 0) is 15.0 Å². The highest BCUT2D eigenvalue weighted by atomic mass is 32.2. The van der Waals surface area contributed by atoms with E-state index in [-0.39, 0.29) is 6.54 Å². The molecule has 0 aromatic heterocycles. The van der Waals surface area contributed by atoms with Gasteiger partial charge in [-0.05, 0) is 6.42 Å². The highest BCUT2D eigenvalue weighted by Crippen LogP contribution is 2.05. The molecule has 0 bridgehead atoms. The molecular weight excluding hydrogens is 246 g/mol. The van der Waals surface area contributed by atoms with Gasteiger partial charge in [-0.1, -0.05) is 6.92 Å². The number of rotatable bonds is 6. The number of hydrogen-bond donors (Lipinski definition) is 2. The van der Waals surface area contributed by atoms with E-state index in [1.807, 2.05) is 6.92 Å². The molecule has 100 valence electrons. The summed E-state index contributed by atoms with van der Waals surface area (Å²) in [7, 11) is -3.39. The fourth-order valence-corrected chi connectivity index (χ4v) is 2.93. The van der Waals surface area contributed by atoms with Gasteiger partial charge in [0.15, 0.2) is 0 Å². The summed E-state index contributed by atoms with van der Waals surface area (Å²) in [6.45, 7) is 3.89. The predicted octanol–water partition coefficient (Wildman–Crippen LogP) is -1.07. The predicted molar refractivity (Wildman–Crippen MR) is 62.9 cm³/mol. The van der Waals surface area contributed by atoms with Crippen molar-refractivity contribution in [1.82, 2.24) is 13.9 Å². The zero-order valence-corrected chi connectivity index (χ0v) is 10.7. The summed E-state index contributed by atoms with van der Waals surface area (Å²) in [5, 5.41) is 8.62. The number of carboxylic acids is 1. The number of nitrogens with zero attached hydrogens (tertiary/aromatic N) is 2. The van der Waals surface area contributed by atoms with Crippen LogP contribution in [0.4, 0.5) is 0 Å². The molecule has 1 fully saturated rings. The Labute approximate surface area is 102 Å². The van der Waals surface area contributed by atoms with Gasteiger partial charge in [0, 0.05) is 32.7 Å². The number of aliphatic carboxylic acids is 1. The minimum absolute atomic E-state index is 0.0315. The molecule has 1 aliphatic rings. The van der Waals surface area contributed by atoms with Crippen LogP contribution in [0, 0.1) is 0 Å². The van der Waals surface area contributed by atoms with Crippen molar-refractivity contribution >= 4 is 16.2 Å². The van der Waals surface area contributed by atoms with Crippen molar-refractivity contribution in [1.29, 1.82) is 0 Å². The average molecular weight is 265 g/mol. The number of piperazine rings is 1. The Morgan fingerprint density at radius 3 is 2.35 bits per heavy atom. The van der Waals surface area contributed by atoms with Crippen LogP contribution in [-0.4, -0.2) is 68.0 Å². The molecule has 0 spiro atoms. The molecular formula is C9H19N3O4S. The van der Waals surface area contributed by atoms with Crippen molar-refractivity contribution in [3.8, 4) is 0 Å². The van der Waals surface area contributed by atoms with Gasteiger partial charge in [0.1, 0.15) is 0 Å². The van der Waals surface area contributed by atoms with Crippen LogP contribution >= 0.6 is 0 Å². The van der Waals surface area contributed by atoms with Crippen molar-refractivity contribution in [2.24, 2.45) is 0 Å². The third-order valence-corrected chi connectivity index (χ3v) is 4.18. The van der Waals surface area contributed by atoms with E-state index in [1.54, 1.807) is 4.90 Å². The number of carboxylic acid groups (broad SMARTS) is 1. The van der Waals surface area contributed by atoms with Gasteiger partial charge in [-0.25, -0.2) is 4.72 Å². The molecule has 1 heterocycles. The summed E-state index contributed by atoms with van der Waals surface area (Å²) in [4.78, 5) is 12.2. The van der Waals surface area contributed by atoms with Gasteiger partial charge in [0.25, 0.3) is 10.2 Å². The van der Waals surface area contributed by atoms with Crippen molar-refractivity contribution in [3.05, 3.63) is 0 Å². The lowest BCUT2D eigenvalue weighted by molar-refractivity contribution is -0.138. The lowest BCUT2D eigenvalue weighted by atomic mass is 10.3. The Bertz CT molecular complexity index is 349. The molecule has 0 aromatic carbocycles. The monoisotopic (exact) mass is 265 g/mol. The summed E-state index contributed by atoms with van der Waals surface area (Å²) in [6, 6.07) is 0. The van der Waals surface area contributed by atoms with Gasteiger partial charge in [0.05, 0.1) is 6.54 Å². The van der Waals surface area contributed by atoms with E-state index in [9.17, 15) is 13.2 Å². The van der Waals surface area contributed by atoms with Crippen molar-refractivity contribution < 1.29 is 18.3 Å². The fourth-order valence-electron chi connectivity index (χ4n) is 1.64. The van der Waals surface area contributed by atoms with E-state index in [0.717, 1.165) is 6.42 Å². The zero-order chi connectivity index (χ0) is 12.9. The molecule has 0 radical (unpaired) electrons. The normalized spacial score (nSPS) is 19.4. The third-order valence-electron chi connectivity index (χ3n) is 2.56. The molecule has 1 rings (SSSR count). The highest BCUT2D eigenvalue weighted by Gasteiger charge is 2.26. The van der Waals surface area contributed by atoms with Crippen LogP contribution in [0.1, 0.15) is 13.3 Å². The quantitative estimate of drug-likeness (QED) is 0.638. The second-order valence-corrected chi connectivity index (χ2v) is 5.72. The second kappa shape index (κ2) is 6.29. The van der Waals surface area contributed by atoms with Gasteiger partial charge in [-0.15, -0.1) is 0 Å². The fraction of sp³-hybridized carbons (Fsp3) is 0.889. The van der Waals surface area contributed by atoms with Gasteiger partial charge in [-0.2, -0.15) is 12.7 Å². The van der Waals surface area contributed by atoms with Gasteiger partial charge >= 0.3 is 5.97 Å². The summed E-state index contributed by atoms with van der Waals surface area (Å²) in [5.74, 6) is -0.884. The Morgan fingerprint density at radius 1 is 1.29 bits per heavy atom. The van der Waals surface area contributed by atoms with E-state index in [1.165, 1.54) is 4.31 Å². The Hall–Kier alpha value is -0.700. The molecule has 8 heteroatoms. The maximum Gasteiger partial charge on any atom is 0.317 e. The highest BCUT2D eigenvalue weighted by molar-refractivity contribution is 7.87. The first kappa shape index (κ1) is 14.4. The first-order valence-corrected chi connectivity index (χ1v) is 7.08. The molecule has 1 saturated heterocycles.